The molecule has 0 aromatic carbocycles. The first-order chi connectivity index (χ1) is 6.04. The second-order valence-corrected chi connectivity index (χ2v) is 3.38. The number of hydrogen-bond acceptors (Lipinski definition) is 2. The maximum Gasteiger partial charge on any atom is 0.0277 e. The maximum atomic E-state index is 4.05. The van der Waals surface area contributed by atoms with Crippen LogP contribution >= 0.6 is 0 Å². The monoisotopic (exact) mass is 180 g/mol. The van der Waals surface area contributed by atoms with Crippen molar-refractivity contribution in [1.29, 1.82) is 0 Å². The van der Waals surface area contributed by atoms with Crippen LogP contribution in [0.15, 0.2) is 29.0 Å². The highest BCUT2D eigenvalue weighted by Crippen LogP contribution is 2.15. The van der Waals surface area contributed by atoms with E-state index in [-0.39, 0.29) is 0 Å². The van der Waals surface area contributed by atoms with Crippen molar-refractivity contribution < 1.29 is 0 Å². The lowest BCUT2D eigenvalue weighted by atomic mass is 10.0. The summed E-state index contributed by atoms with van der Waals surface area (Å²) in [7, 11) is 3.79. The van der Waals surface area contributed by atoms with E-state index >= 15 is 0 Å². The third kappa shape index (κ3) is 3.45. The average molecular weight is 180 g/mol. The molecule has 0 bridgehead atoms. The topological polar surface area (TPSA) is 15.6 Å². The molecule has 0 saturated heterocycles. The Labute approximate surface area is 81.7 Å². The van der Waals surface area contributed by atoms with E-state index < -0.39 is 0 Å². The molecule has 0 aliphatic rings. The molecule has 0 saturated carbocycles. The predicted octanol–water partition coefficient (Wildman–Crippen LogP) is 2.69. The van der Waals surface area contributed by atoms with Crippen molar-refractivity contribution in [3.63, 3.8) is 0 Å². The zero-order chi connectivity index (χ0) is 10.4. The van der Waals surface area contributed by atoms with Gasteiger partial charge in [-0.05, 0) is 24.6 Å². The molecule has 0 aromatic heterocycles. The van der Waals surface area contributed by atoms with E-state index in [4.69, 9.17) is 0 Å². The molecule has 0 aliphatic heterocycles. The molecular formula is C11H20N2. The minimum absolute atomic E-state index is 0.492. The van der Waals surface area contributed by atoms with E-state index in [0.29, 0.717) is 5.92 Å². The summed E-state index contributed by atoms with van der Waals surface area (Å²) in [5.41, 5.74) is 2.46. The molecule has 0 rings (SSSR count). The molecule has 0 unspecified atom stereocenters. The molecule has 2 heteroatoms. The van der Waals surface area contributed by atoms with E-state index in [2.05, 4.69) is 32.3 Å². The third-order valence-corrected chi connectivity index (χ3v) is 2.11. The Morgan fingerprint density at radius 3 is 2.31 bits per heavy atom. The van der Waals surface area contributed by atoms with Crippen LogP contribution in [-0.2, 0) is 0 Å². The summed E-state index contributed by atoms with van der Waals surface area (Å²) in [6, 6.07) is 0. The summed E-state index contributed by atoms with van der Waals surface area (Å²) in [5, 5.41) is 0. The van der Waals surface area contributed by atoms with Crippen LogP contribution in [0.3, 0.4) is 0 Å². The van der Waals surface area contributed by atoms with Gasteiger partial charge in [0.15, 0.2) is 0 Å². The van der Waals surface area contributed by atoms with E-state index in [1.54, 1.807) is 13.2 Å². The number of hydrogen-bond donors (Lipinski definition) is 0. The van der Waals surface area contributed by atoms with Crippen molar-refractivity contribution in [2.24, 2.45) is 10.9 Å². The molecule has 13 heavy (non-hydrogen) atoms. The van der Waals surface area contributed by atoms with Gasteiger partial charge < -0.3 is 4.90 Å². The fourth-order valence-electron chi connectivity index (χ4n) is 1.14. The maximum absolute atomic E-state index is 4.05. The predicted molar refractivity (Wildman–Crippen MR) is 59.9 cm³/mol. The normalized spacial score (nSPS) is 13.4. The van der Waals surface area contributed by atoms with Gasteiger partial charge >= 0.3 is 0 Å². The van der Waals surface area contributed by atoms with Crippen molar-refractivity contribution in [2.45, 2.75) is 20.8 Å². The van der Waals surface area contributed by atoms with Gasteiger partial charge in [0.05, 0.1) is 0 Å². The average Bonchev–Trinajstić information content (AvgIpc) is 2.11. The summed E-state index contributed by atoms with van der Waals surface area (Å²) in [4.78, 5) is 6.06. The van der Waals surface area contributed by atoms with Gasteiger partial charge in [-0.2, -0.15) is 0 Å². The lowest BCUT2D eigenvalue weighted by molar-refractivity contribution is 0.555. The van der Waals surface area contributed by atoms with Gasteiger partial charge in [-0.3, -0.25) is 4.99 Å². The van der Waals surface area contributed by atoms with E-state index in [9.17, 15) is 0 Å². The Balaban J connectivity index is 4.95. The minimum atomic E-state index is 0.492. The number of nitrogens with zero attached hydrogens (tertiary/aromatic N) is 2. The second kappa shape index (κ2) is 5.57. The SMILES string of the molecule is C=CN(C)/C(C)=C(\C=N/C)C(C)C. The fraction of sp³-hybridized carbons (Fsp3) is 0.545. The molecule has 0 N–H and O–H groups in total. The third-order valence-electron chi connectivity index (χ3n) is 2.11. The first-order valence-corrected chi connectivity index (χ1v) is 4.52. The molecule has 0 spiro atoms. The fourth-order valence-corrected chi connectivity index (χ4v) is 1.14. The van der Waals surface area contributed by atoms with Gasteiger partial charge in [0.25, 0.3) is 0 Å². The molecule has 0 fully saturated rings. The second-order valence-electron chi connectivity index (χ2n) is 3.38. The van der Waals surface area contributed by atoms with E-state index in [1.807, 2.05) is 18.2 Å². The van der Waals surface area contributed by atoms with Gasteiger partial charge in [-0.1, -0.05) is 20.4 Å². The number of aliphatic imine (C=N–C) groups is 1. The van der Waals surface area contributed by atoms with Crippen LogP contribution in [0.1, 0.15) is 20.8 Å². The molecule has 0 amide bonds. The number of allylic oxidation sites excluding steroid dienone is 2. The Morgan fingerprint density at radius 1 is 1.46 bits per heavy atom. The molecule has 0 atom stereocenters. The summed E-state index contributed by atoms with van der Waals surface area (Å²) in [6.07, 6.45) is 3.72. The summed E-state index contributed by atoms with van der Waals surface area (Å²) < 4.78 is 0. The zero-order valence-corrected chi connectivity index (χ0v) is 9.33. The number of rotatable bonds is 4. The molecule has 0 aliphatic carbocycles. The van der Waals surface area contributed by atoms with Gasteiger partial charge in [0, 0.05) is 26.0 Å². The Morgan fingerprint density at radius 2 is 2.00 bits per heavy atom. The van der Waals surface area contributed by atoms with Gasteiger partial charge in [-0.15, -0.1) is 0 Å². The molecule has 0 aromatic rings. The summed E-state index contributed by atoms with van der Waals surface area (Å²) >= 11 is 0. The Hall–Kier alpha value is -1.05. The van der Waals surface area contributed by atoms with E-state index in [0.717, 1.165) is 0 Å². The van der Waals surface area contributed by atoms with Crippen molar-refractivity contribution in [2.75, 3.05) is 14.1 Å². The first kappa shape index (κ1) is 11.9. The van der Waals surface area contributed by atoms with Crippen LogP contribution in [0.25, 0.3) is 0 Å². The van der Waals surface area contributed by atoms with Gasteiger partial charge in [0.1, 0.15) is 0 Å². The zero-order valence-electron chi connectivity index (χ0n) is 9.33. The Kier molecular flexibility index (Phi) is 5.12. The summed E-state index contributed by atoms with van der Waals surface area (Å²) in [6.45, 7) is 10.1. The van der Waals surface area contributed by atoms with Crippen molar-refractivity contribution in [1.82, 2.24) is 4.90 Å². The van der Waals surface area contributed by atoms with Crippen molar-refractivity contribution in [3.8, 4) is 0 Å². The lowest BCUT2D eigenvalue weighted by Gasteiger charge is -2.19. The highest BCUT2D eigenvalue weighted by Gasteiger charge is 2.06. The largest absolute Gasteiger partial charge is 0.355 e. The first-order valence-electron chi connectivity index (χ1n) is 4.52. The van der Waals surface area contributed by atoms with E-state index in [1.165, 1.54) is 11.3 Å². The minimum Gasteiger partial charge on any atom is -0.355 e. The molecule has 0 radical (unpaired) electrons. The van der Waals surface area contributed by atoms with Crippen LogP contribution in [0.2, 0.25) is 0 Å². The molecular weight excluding hydrogens is 160 g/mol. The highest BCUT2D eigenvalue weighted by molar-refractivity contribution is 5.79. The lowest BCUT2D eigenvalue weighted by Crippen LogP contribution is -2.13. The van der Waals surface area contributed by atoms with Gasteiger partial charge in [0.2, 0.25) is 0 Å². The summed E-state index contributed by atoms with van der Waals surface area (Å²) in [5.74, 6) is 0.492. The molecule has 74 valence electrons. The molecule has 2 nitrogen and oxygen atoms in total. The van der Waals surface area contributed by atoms with Crippen LogP contribution in [-0.4, -0.2) is 25.2 Å². The smallest absolute Gasteiger partial charge is 0.0277 e. The molecule has 0 heterocycles. The quantitative estimate of drug-likeness (QED) is 0.607. The van der Waals surface area contributed by atoms with Crippen LogP contribution < -0.4 is 0 Å². The standard InChI is InChI=1S/C11H20N2/c1-7-13(6)10(4)11(8-12-5)9(2)3/h7-9H,1H2,2-6H3/b11-10+,12-8-. The van der Waals surface area contributed by atoms with Crippen molar-refractivity contribution in [3.05, 3.63) is 24.0 Å². The van der Waals surface area contributed by atoms with Crippen LogP contribution in [0.5, 0.6) is 0 Å². The van der Waals surface area contributed by atoms with Crippen LogP contribution in [0.4, 0.5) is 0 Å². The van der Waals surface area contributed by atoms with Crippen molar-refractivity contribution >= 4 is 6.21 Å². The van der Waals surface area contributed by atoms with Crippen LogP contribution in [0, 0.1) is 5.92 Å². The Bertz CT molecular complexity index is 224. The highest BCUT2D eigenvalue weighted by atomic mass is 15.1. The van der Waals surface area contributed by atoms with Gasteiger partial charge in [-0.25, -0.2) is 0 Å².